The van der Waals surface area contributed by atoms with E-state index in [2.05, 4.69) is 33.2 Å². The van der Waals surface area contributed by atoms with Crippen LogP contribution in [-0.2, 0) is 25.7 Å². The van der Waals surface area contributed by atoms with E-state index >= 15 is 0 Å². The molecule has 27 heteroatoms. The quantitative estimate of drug-likeness (QED) is 0.0656. The van der Waals surface area contributed by atoms with Crippen LogP contribution in [0.25, 0.3) is 49.1 Å². The van der Waals surface area contributed by atoms with E-state index in [1.54, 1.807) is 66.6 Å². The number of fused-ring (bicyclic) bond motifs is 14. The molecule has 2 aromatic carbocycles. The minimum Gasteiger partial charge on any atom is -0.465 e. The van der Waals surface area contributed by atoms with E-state index in [0.29, 0.717) is 91.3 Å². The number of ether oxygens (including phenoxy) is 2. The minimum atomic E-state index is -1.21. The average molecular weight is 1260 g/mol. The maximum Gasteiger partial charge on any atom is 0.337 e. The second kappa shape index (κ2) is 26.4. The molecule has 6 N–H and O–H groups in total. The Balaban J connectivity index is 1.04. The molecule has 21 nitrogen and oxygen atoms in total. The van der Waals surface area contributed by atoms with Crippen LogP contribution in [0.5, 0.6) is 0 Å². The van der Waals surface area contributed by atoms with Crippen LogP contribution < -0.4 is 26.6 Å². The van der Waals surface area contributed by atoms with Gasteiger partial charge in [-0.3, -0.25) is 24.0 Å². The zero-order valence-corrected chi connectivity index (χ0v) is 51.3. The fourth-order valence-electron chi connectivity index (χ4n) is 9.05. The van der Waals surface area contributed by atoms with Gasteiger partial charge in [-0.05, 0) is 54.8 Å². The van der Waals surface area contributed by atoms with Crippen molar-refractivity contribution < 1.29 is 43.3 Å². The summed E-state index contributed by atoms with van der Waals surface area (Å²) in [6, 6.07) is 16.6. The summed E-state index contributed by atoms with van der Waals surface area (Å²) in [6.07, 6.45) is -1.35. The van der Waals surface area contributed by atoms with Crippen molar-refractivity contribution in [2.24, 2.45) is 5.92 Å². The van der Waals surface area contributed by atoms with Gasteiger partial charge in [-0.1, -0.05) is 50.8 Å². The predicted octanol–water partition coefficient (Wildman–Crippen LogP) is 10.1. The number of aromatic nitrogens is 7. The second-order valence-electron chi connectivity index (χ2n) is 19.6. The molecular weight excluding hydrogens is 1200 g/mol. The predicted molar refractivity (Wildman–Crippen MR) is 329 cm³/mol. The lowest BCUT2D eigenvalue weighted by molar-refractivity contribution is -0.122. The molecule has 7 aromatic heterocycles. The van der Waals surface area contributed by atoms with Gasteiger partial charge in [0.15, 0.2) is 5.78 Å². The first-order valence-electron chi connectivity index (χ1n) is 26.3. The van der Waals surface area contributed by atoms with Crippen molar-refractivity contribution >= 4 is 115 Å². The number of hydrogen-bond acceptors (Lipinski definition) is 23. The summed E-state index contributed by atoms with van der Waals surface area (Å²) < 4.78 is 10.4. The molecule has 1 aliphatic rings. The van der Waals surface area contributed by atoms with E-state index < -0.39 is 41.9 Å². The minimum absolute atomic E-state index is 0.0429. The monoisotopic (exact) mass is 1250 g/mol. The number of anilines is 1. The highest BCUT2D eigenvalue weighted by Gasteiger charge is 2.33. The lowest BCUT2D eigenvalue weighted by atomic mass is 9.90. The van der Waals surface area contributed by atoms with E-state index in [1.165, 1.54) is 106 Å². The van der Waals surface area contributed by atoms with Crippen molar-refractivity contribution in [1.82, 2.24) is 56.2 Å². The second-order valence-corrected chi connectivity index (χ2v) is 25.4. The van der Waals surface area contributed by atoms with Crippen LogP contribution in [0.2, 0.25) is 0 Å². The van der Waals surface area contributed by atoms with Crippen LogP contribution in [0, 0.1) is 12.8 Å². The standard InChI is InChI=1S/C58H54N12O9S6/c1-27(2)34-19-40(71)46-29(4)84-56(70-46)36(20-43(72)59-5)62-51(76)38-24-80-52(64-38)33-17-18-35(54-67-42(26-83-54)66-50(75)31-13-15-32(16-14-31)58(77)79-7)61-47(33)37-23-81-55(63-37)39-25-82-57(65-39)48(49(74)30-11-9-8-10-12-30)68-44(73)21-60-28(3)45-41(22-78-6)85-53(34)69-45/h8-18,23-27,34,36,48-49,60,74H,3,19-22H2,1-2,4-7H3,(H,59,72)(H,62,76)(H,66,75)(H,68,73)/t34-,36+,48+,49+/m1/s1. The van der Waals surface area contributed by atoms with Crippen molar-refractivity contribution in [1.29, 1.82) is 0 Å². The van der Waals surface area contributed by atoms with Gasteiger partial charge >= 0.3 is 5.97 Å². The van der Waals surface area contributed by atoms with Crippen molar-refractivity contribution in [3.05, 3.63) is 153 Å². The summed E-state index contributed by atoms with van der Waals surface area (Å²) in [6.45, 7) is 9.98. The van der Waals surface area contributed by atoms with Crippen molar-refractivity contribution in [3.63, 3.8) is 0 Å². The van der Waals surface area contributed by atoms with E-state index in [0.717, 1.165) is 4.88 Å². The molecule has 1 aliphatic heterocycles. The molecule has 9 aromatic rings. The Morgan fingerprint density at radius 1 is 0.729 bits per heavy atom. The van der Waals surface area contributed by atoms with Crippen LogP contribution in [0.3, 0.4) is 0 Å². The number of methoxy groups -OCH3 is 2. The highest BCUT2D eigenvalue weighted by molar-refractivity contribution is 7.15. The molecular formula is C58H54N12O9S6. The van der Waals surface area contributed by atoms with Gasteiger partial charge in [0.1, 0.15) is 77.2 Å². The van der Waals surface area contributed by atoms with Crippen LogP contribution >= 0.6 is 68.0 Å². The first kappa shape index (κ1) is 60.0. The van der Waals surface area contributed by atoms with Gasteiger partial charge in [0.2, 0.25) is 11.8 Å². The number of hydrogen-bond donors (Lipinski definition) is 6. The number of benzene rings is 2. The van der Waals surface area contributed by atoms with Crippen molar-refractivity contribution in [2.45, 2.75) is 64.3 Å². The van der Waals surface area contributed by atoms with Crippen molar-refractivity contribution in [2.75, 3.05) is 33.1 Å². The topological polar surface area (TPSA) is 291 Å². The first-order chi connectivity index (χ1) is 41.0. The fourth-order valence-corrected chi connectivity index (χ4v) is 14.6. The summed E-state index contributed by atoms with van der Waals surface area (Å²) >= 11 is 7.56. The van der Waals surface area contributed by atoms with Gasteiger partial charge in [-0.25, -0.2) is 39.7 Å². The lowest BCUT2D eigenvalue weighted by Crippen LogP contribution is -2.38. The molecule has 436 valence electrons. The molecule has 4 atom stereocenters. The van der Waals surface area contributed by atoms with E-state index in [-0.39, 0.29) is 66.7 Å². The number of aliphatic hydroxyl groups excluding tert-OH is 1. The normalized spacial score (nSPS) is 16.2. The number of aliphatic hydroxyl groups is 1. The summed E-state index contributed by atoms with van der Waals surface area (Å²) in [5.74, 6) is -2.81. The molecule has 10 rings (SSSR count). The number of rotatable bonds is 11. The Morgan fingerprint density at radius 3 is 2.16 bits per heavy atom. The summed E-state index contributed by atoms with van der Waals surface area (Å²) in [4.78, 5) is 117. The molecule has 0 fully saturated rings. The van der Waals surface area contributed by atoms with E-state index in [4.69, 9.17) is 44.4 Å². The number of esters is 1. The molecule has 8 heterocycles. The third kappa shape index (κ3) is 13.5. The molecule has 85 heavy (non-hydrogen) atoms. The Bertz CT molecular complexity index is 3980. The van der Waals surface area contributed by atoms with Gasteiger partial charge < -0.3 is 41.2 Å². The molecule has 4 amide bonds. The number of ketones is 1. The Labute approximate surface area is 511 Å². The van der Waals surface area contributed by atoms with E-state index in [1.807, 2.05) is 25.3 Å². The Morgan fingerprint density at radius 2 is 1.42 bits per heavy atom. The molecule has 0 saturated heterocycles. The van der Waals surface area contributed by atoms with Gasteiger partial charge in [0, 0.05) is 64.0 Å². The lowest BCUT2D eigenvalue weighted by Gasteiger charge is -2.23. The molecule has 0 saturated carbocycles. The molecule has 10 bridgehead atoms. The number of amides is 4. The van der Waals surface area contributed by atoms with E-state index in [9.17, 15) is 33.9 Å². The van der Waals surface area contributed by atoms with Gasteiger partial charge in [-0.15, -0.1) is 68.0 Å². The van der Waals surface area contributed by atoms with Gasteiger partial charge in [0.25, 0.3) is 11.8 Å². The largest absolute Gasteiger partial charge is 0.465 e. The SMILES string of the molecule is C=C1NCC(=O)N[C@@H]([C@@H](O)c2ccccc2)c2nc(cs2)-c2nc(cs2)-c2nc(-c3nc(NC(=O)c4ccc(C(=O)OC)cc4)cs3)ccc2-c2nc(cs2)C(=O)N[C@@H](CC(=O)NC)c2nc(c(C)s2)C(=O)C[C@H](C(C)C)c2nc1c(COC)s2. The average Bonchev–Trinajstić information content (AvgIpc) is 3.42. The number of nitrogens with one attached hydrogen (secondary N) is 5. The third-order valence-electron chi connectivity index (χ3n) is 13.5. The van der Waals surface area contributed by atoms with Gasteiger partial charge in [-0.2, -0.15) is 0 Å². The number of thiazole rings is 6. The highest BCUT2D eigenvalue weighted by Crippen LogP contribution is 2.41. The van der Waals surface area contributed by atoms with Crippen LogP contribution in [0.15, 0.2) is 94.8 Å². The first-order valence-corrected chi connectivity index (χ1v) is 31.4. The third-order valence-corrected chi connectivity index (χ3v) is 19.3. The summed E-state index contributed by atoms with van der Waals surface area (Å²) in [7, 11) is 4.34. The van der Waals surface area contributed by atoms with Crippen LogP contribution in [0.1, 0.15) is 129 Å². The number of carbonyl (C=O) groups excluding carboxylic acids is 6. The van der Waals surface area contributed by atoms with Gasteiger partial charge in [0.05, 0.1) is 59.6 Å². The smallest absolute Gasteiger partial charge is 0.337 e. The zero-order chi connectivity index (χ0) is 60.1. The molecule has 0 aliphatic carbocycles. The van der Waals surface area contributed by atoms with Crippen LogP contribution in [-0.4, -0.2) is 103 Å². The summed E-state index contributed by atoms with van der Waals surface area (Å²) in [5, 5.41) is 36.2. The maximum atomic E-state index is 14.4. The number of aryl methyl sites for hydroxylation is 1. The fraction of sp³-hybridized carbons (Fsp3) is 0.259. The highest BCUT2D eigenvalue weighted by atomic mass is 32.1. The number of carbonyl (C=O) groups is 6. The molecule has 0 spiro atoms. The Hall–Kier alpha value is -8.15. The maximum absolute atomic E-state index is 14.4. The number of pyridine rings is 1. The van der Waals surface area contributed by atoms with Crippen LogP contribution in [0.4, 0.5) is 5.82 Å². The molecule has 0 unspecified atom stereocenters. The number of Topliss-reactive ketones (excluding diaryl/α,β-unsaturated/α-hetero) is 1. The summed E-state index contributed by atoms with van der Waals surface area (Å²) in [5.41, 5.74) is 4.45. The molecule has 0 radical (unpaired) electrons. The van der Waals surface area contributed by atoms with Crippen molar-refractivity contribution in [3.8, 4) is 43.4 Å². The zero-order valence-electron chi connectivity index (χ0n) is 46.4. The number of nitrogens with zero attached hydrogens (tertiary/aromatic N) is 7. The Kier molecular flexibility index (Phi) is 18.6.